The molecule has 0 unspecified atom stereocenters. The molecule has 0 aromatic heterocycles. The molecule has 5 heteroatoms. The number of carbonyl (C=O) groups excluding carboxylic acids is 1. The van der Waals surface area contributed by atoms with E-state index >= 15 is 0 Å². The fourth-order valence-electron chi connectivity index (χ4n) is 1.25. The van der Waals surface area contributed by atoms with Crippen LogP contribution in [0.5, 0.6) is 11.5 Å². The summed E-state index contributed by atoms with van der Waals surface area (Å²) in [5.74, 6) is 0.883. The second-order valence-corrected chi connectivity index (χ2v) is 3.23. The van der Waals surface area contributed by atoms with Crippen LogP contribution in [0.2, 0.25) is 5.02 Å². The molecule has 2 rings (SSSR count). The van der Waals surface area contributed by atoms with Gasteiger partial charge in [0.1, 0.15) is 5.75 Å². The zero-order valence-electron chi connectivity index (χ0n) is 7.46. The molecule has 0 saturated carbocycles. The van der Waals surface area contributed by atoms with Crippen LogP contribution in [0.3, 0.4) is 0 Å². The Bertz CT molecular complexity index is 392. The first kappa shape index (κ1) is 9.15. The van der Waals surface area contributed by atoms with Crippen molar-refractivity contribution in [2.75, 3.05) is 19.0 Å². The molecule has 0 aliphatic carbocycles. The molecule has 0 radical (unpaired) electrons. The highest BCUT2D eigenvalue weighted by Crippen LogP contribution is 2.38. The van der Waals surface area contributed by atoms with Crippen LogP contribution in [0.4, 0.5) is 5.69 Å². The minimum absolute atomic E-state index is 0.000944. The van der Waals surface area contributed by atoms with E-state index < -0.39 is 0 Å². The highest BCUT2D eigenvalue weighted by molar-refractivity contribution is 6.33. The van der Waals surface area contributed by atoms with Gasteiger partial charge in [-0.1, -0.05) is 11.6 Å². The first-order valence-corrected chi connectivity index (χ1v) is 4.38. The number of methoxy groups -OCH3 is 1. The summed E-state index contributed by atoms with van der Waals surface area (Å²) >= 11 is 5.92. The Morgan fingerprint density at radius 3 is 3.07 bits per heavy atom. The van der Waals surface area contributed by atoms with Gasteiger partial charge in [-0.05, 0) is 0 Å². The van der Waals surface area contributed by atoms with Gasteiger partial charge >= 0.3 is 0 Å². The maximum atomic E-state index is 11.0. The van der Waals surface area contributed by atoms with Crippen molar-refractivity contribution in [3.8, 4) is 11.5 Å². The van der Waals surface area contributed by atoms with Crippen molar-refractivity contribution in [2.24, 2.45) is 0 Å². The summed E-state index contributed by atoms with van der Waals surface area (Å²) in [5.41, 5.74) is 0.547. The third-order valence-corrected chi connectivity index (χ3v) is 2.16. The van der Waals surface area contributed by atoms with E-state index in [1.165, 1.54) is 7.11 Å². The summed E-state index contributed by atoms with van der Waals surface area (Å²) in [5, 5.41) is 3.08. The Balaban J connectivity index is 2.48. The highest BCUT2D eigenvalue weighted by atomic mass is 35.5. The Labute approximate surface area is 85.8 Å². The average Bonchev–Trinajstić information content (AvgIpc) is 2.16. The molecule has 1 aromatic rings. The van der Waals surface area contributed by atoms with Crippen molar-refractivity contribution in [3.05, 3.63) is 17.2 Å². The van der Waals surface area contributed by atoms with Gasteiger partial charge in [-0.15, -0.1) is 0 Å². The number of carbonyl (C=O) groups is 1. The fraction of sp³-hybridized carbons (Fsp3) is 0.222. The monoisotopic (exact) mass is 213 g/mol. The van der Waals surface area contributed by atoms with E-state index in [-0.39, 0.29) is 12.5 Å². The number of amides is 1. The first-order chi connectivity index (χ1) is 6.70. The van der Waals surface area contributed by atoms with Gasteiger partial charge in [-0.25, -0.2) is 0 Å². The summed E-state index contributed by atoms with van der Waals surface area (Å²) in [7, 11) is 1.53. The third-order valence-electron chi connectivity index (χ3n) is 1.87. The van der Waals surface area contributed by atoms with E-state index in [9.17, 15) is 4.79 Å². The molecule has 1 N–H and O–H groups in total. The summed E-state index contributed by atoms with van der Waals surface area (Å²) in [6.45, 7) is -0.000944. The Kier molecular flexibility index (Phi) is 2.21. The lowest BCUT2D eigenvalue weighted by atomic mass is 10.2. The van der Waals surface area contributed by atoms with Crippen LogP contribution in [0.25, 0.3) is 0 Å². The molecule has 0 fully saturated rings. The molecule has 4 nitrogen and oxygen atoms in total. The zero-order valence-corrected chi connectivity index (χ0v) is 8.22. The van der Waals surface area contributed by atoms with E-state index in [4.69, 9.17) is 21.1 Å². The van der Waals surface area contributed by atoms with Crippen molar-refractivity contribution in [3.63, 3.8) is 0 Å². The van der Waals surface area contributed by atoms with Crippen molar-refractivity contribution < 1.29 is 14.3 Å². The Morgan fingerprint density at radius 1 is 1.57 bits per heavy atom. The van der Waals surface area contributed by atoms with E-state index in [2.05, 4.69) is 5.32 Å². The number of hydrogen-bond acceptors (Lipinski definition) is 3. The largest absolute Gasteiger partial charge is 0.497 e. The van der Waals surface area contributed by atoms with E-state index in [1.807, 2.05) is 0 Å². The second kappa shape index (κ2) is 3.38. The Hall–Kier alpha value is -1.42. The van der Waals surface area contributed by atoms with Gasteiger partial charge in [0.2, 0.25) is 0 Å². The van der Waals surface area contributed by atoms with Gasteiger partial charge < -0.3 is 14.8 Å². The van der Waals surface area contributed by atoms with Gasteiger partial charge in [0.15, 0.2) is 12.4 Å². The van der Waals surface area contributed by atoms with Crippen LogP contribution in [-0.2, 0) is 4.79 Å². The molecular formula is C9H8ClNO3. The minimum atomic E-state index is -0.193. The predicted octanol–water partition coefficient (Wildman–Crippen LogP) is 1.68. The molecule has 74 valence electrons. The lowest BCUT2D eigenvalue weighted by molar-refractivity contribution is -0.118. The molecule has 1 aromatic carbocycles. The lowest BCUT2D eigenvalue weighted by Crippen LogP contribution is -2.25. The quantitative estimate of drug-likeness (QED) is 0.772. The standard InChI is InChI=1S/C9H8ClNO3/c1-13-5-2-6(10)9-7(3-5)11-8(12)4-14-9/h2-3H,4H2,1H3,(H,11,12). The number of halogens is 1. The number of ether oxygens (including phenoxy) is 2. The second-order valence-electron chi connectivity index (χ2n) is 2.82. The normalized spacial score (nSPS) is 14.0. The van der Waals surface area contributed by atoms with Crippen LogP contribution in [-0.4, -0.2) is 19.6 Å². The van der Waals surface area contributed by atoms with E-state index in [0.29, 0.717) is 22.2 Å². The third kappa shape index (κ3) is 1.48. The minimum Gasteiger partial charge on any atom is -0.497 e. The number of anilines is 1. The average molecular weight is 214 g/mol. The molecule has 0 atom stereocenters. The molecule has 0 bridgehead atoms. The van der Waals surface area contributed by atoms with Crippen molar-refractivity contribution in [1.82, 2.24) is 0 Å². The topological polar surface area (TPSA) is 47.6 Å². The fourth-order valence-corrected chi connectivity index (χ4v) is 1.51. The van der Waals surface area contributed by atoms with E-state index in [0.717, 1.165) is 0 Å². The van der Waals surface area contributed by atoms with Crippen LogP contribution >= 0.6 is 11.6 Å². The van der Waals surface area contributed by atoms with Crippen molar-refractivity contribution >= 4 is 23.2 Å². The first-order valence-electron chi connectivity index (χ1n) is 4.01. The predicted molar refractivity (Wildman–Crippen MR) is 52.1 cm³/mol. The molecule has 1 amide bonds. The zero-order chi connectivity index (χ0) is 10.1. The summed E-state index contributed by atoms with van der Waals surface area (Å²) < 4.78 is 10.2. The summed E-state index contributed by atoms with van der Waals surface area (Å²) in [6.07, 6.45) is 0. The molecule has 1 aliphatic rings. The molecule has 0 spiro atoms. The molecule has 0 saturated heterocycles. The number of nitrogens with one attached hydrogen (secondary N) is 1. The van der Waals surface area contributed by atoms with Crippen LogP contribution in [0.1, 0.15) is 0 Å². The molecule has 1 heterocycles. The maximum Gasteiger partial charge on any atom is 0.262 e. The SMILES string of the molecule is COc1cc(Cl)c2c(c1)NC(=O)CO2. The van der Waals surface area contributed by atoms with Crippen molar-refractivity contribution in [1.29, 1.82) is 0 Å². The van der Waals surface area contributed by atoms with Crippen LogP contribution in [0.15, 0.2) is 12.1 Å². The van der Waals surface area contributed by atoms with Crippen LogP contribution < -0.4 is 14.8 Å². The van der Waals surface area contributed by atoms with Gasteiger partial charge in [0, 0.05) is 12.1 Å². The number of rotatable bonds is 1. The van der Waals surface area contributed by atoms with E-state index in [1.54, 1.807) is 12.1 Å². The number of benzene rings is 1. The molecule has 1 aliphatic heterocycles. The summed E-state index contributed by atoms with van der Waals surface area (Å²) in [4.78, 5) is 11.0. The number of fused-ring (bicyclic) bond motifs is 1. The maximum absolute atomic E-state index is 11.0. The summed E-state index contributed by atoms with van der Waals surface area (Å²) in [6, 6.07) is 3.30. The van der Waals surface area contributed by atoms with Crippen molar-refractivity contribution in [2.45, 2.75) is 0 Å². The molecular weight excluding hydrogens is 206 g/mol. The van der Waals surface area contributed by atoms with Gasteiger partial charge in [-0.3, -0.25) is 4.79 Å². The number of hydrogen-bond donors (Lipinski definition) is 1. The highest BCUT2D eigenvalue weighted by Gasteiger charge is 2.19. The van der Waals surface area contributed by atoms with Gasteiger partial charge in [0.25, 0.3) is 5.91 Å². The smallest absolute Gasteiger partial charge is 0.262 e. The van der Waals surface area contributed by atoms with Gasteiger partial charge in [-0.2, -0.15) is 0 Å². The van der Waals surface area contributed by atoms with Crippen LogP contribution in [0, 0.1) is 0 Å². The molecule has 14 heavy (non-hydrogen) atoms. The van der Waals surface area contributed by atoms with Gasteiger partial charge in [0.05, 0.1) is 17.8 Å². The lowest BCUT2D eigenvalue weighted by Gasteiger charge is -2.19. The Morgan fingerprint density at radius 2 is 2.36 bits per heavy atom.